The van der Waals surface area contributed by atoms with Crippen molar-refractivity contribution in [2.24, 2.45) is 0 Å². The largest absolute Gasteiger partial charge is 0.496 e. The van der Waals surface area contributed by atoms with E-state index in [0.29, 0.717) is 16.3 Å². The van der Waals surface area contributed by atoms with Gasteiger partial charge in [0.05, 0.1) is 18.4 Å². The molecule has 0 aliphatic heterocycles. The van der Waals surface area contributed by atoms with Gasteiger partial charge in [-0.15, -0.1) is 11.3 Å². The van der Waals surface area contributed by atoms with E-state index in [1.54, 1.807) is 12.1 Å². The number of hydrogen-bond donors (Lipinski definition) is 0. The van der Waals surface area contributed by atoms with Crippen LogP contribution in [0.25, 0.3) is 21.8 Å². The minimum absolute atomic E-state index is 0.331. The molecule has 0 fully saturated rings. The third-order valence-corrected chi connectivity index (χ3v) is 4.61. The van der Waals surface area contributed by atoms with Crippen molar-refractivity contribution in [2.45, 2.75) is 0 Å². The van der Waals surface area contributed by atoms with Crippen LogP contribution in [0.3, 0.4) is 0 Å². The molecule has 0 aliphatic carbocycles. The third-order valence-electron chi connectivity index (χ3n) is 3.06. The summed E-state index contributed by atoms with van der Waals surface area (Å²) < 4.78 is 20.3. The van der Waals surface area contributed by atoms with Crippen LogP contribution in [-0.4, -0.2) is 12.1 Å². The second kappa shape index (κ2) is 5.95. The number of ether oxygens (including phenoxy) is 1. The molecule has 0 saturated heterocycles. The first-order valence-electron chi connectivity index (χ1n) is 6.24. The molecule has 0 spiro atoms. The van der Waals surface area contributed by atoms with Gasteiger partial charge in [-0.2, -0.15) is 0 Å². The molecule has 0 unspecified atom stereocenters. The van der Waals surface area contributed by atoms with E-state index < -0.39 is 0 Å². The van der Waals surface area contributed by atoms with Gasteiger partial charge in [0.15, 0.2) is 0 Å². The molecule has 3 rings (SSSR count). The molecule has 0 saturated carbocycles. The van der Waals surface area contributed by atoms with Crippen molar-refractivity contribution in [2.75, 3.05) is 7.11 Å². The predicted octanol–water partition coefficient (Wildman–Crippen LogP) is 5.39. The maximum absolute atomic E-state index is 14.1. The summed E-state index contributed by atoms with van der Waals surface area (Å²) in [5, 5.41) is 2.53. The van der Waals surface area contributed by atoms with Gasteiger partial charge in [-0.1, -0.05) is 40.2 Å². The van der Waals surface area contributed by atoms with Crippen molar-refractivity contribution < 1.29 is 9.13 Å². The van der Waals surface area contributed by atoms with Crippen molar-refractivity contribution in [3.8, 4) is 27.6 Å². The summed E-state index contributed by atoms with van der Waals surface area (Å²) in [5.74, 6) is 0.158. The molecular formula is C16H11BrFNOS. The van der Waals surface area contributed by atoms with Gasteiger partial charge in [-0.3, -0.25) is 0 Å². The first-order valence-corrected chi connectivity index (χ1v) is 7.91. The molecule has 0 N–H and O–H groups in total. The summed E-state index contributed by atoms with van der Waals surface area (Å²) in [5.41, 5.74) is 2.20. The summed E-state index contributed by atoms with van der Waals surface area (Å²) in [6.07, 6.45) is 0. The minimum Gasteiger partial charge on any atom is -0.496 e. The van der Waals surface area contributed by atoms with E-state index in [1.807, 2.05) is 29.6 Å². The van der Waals surface area contributed by atoms with Gasteiger partial charge >= 0.3 is 0 Å². The number of halogens is 2. The Kier molecular flexibility index (Phi) is 4.03. The molecule has 1 aromatic heterocycles. The highest BCUT2D eigenvalue weighted by Crippen LogP contribution is 2.37. The normalized spacial score (nSPS) is 10.6. The molecule has 0 bridgehead atoms. The fourth-order valence-electron chi connectivity index (χ4n) is 2.06. The standard InChI is InChI=1S/C16H11BrFNOS/c1-20-14-8-4-7-12(18)15(14)16-19-13(9-21-16)10-5-2-3-6-11(10)17/h2-9H,1H3. The second-order valence-corrected chi connectivity index (χ2v) is 6.05. The van der Waals surface area contributed by atoms with Crippen molar-refractivity contribution in [3.63, 3.8) is 0 Å². The van der Waals surface area contributed by atoms with Crippen LogP contribution in [0.1, 0.15) is 0 Å². The Morgan fingerprint density at radius 1 is 1.14 bits per heavy atom. The average molecular weight is 364 g/mol. The molecule has 1 heterocycles. The second-order valence-electron chi connectivity index (χ2n) is 4.33. The Hall–Kier alpha value is -1.72. The topological polar surface area (TPSA) is 22.1 Å². The average Bonchev–Trinajstić information content (AvgIpc) is 2.96. The molecule has 2 nitrogen and oxygen atoms in total. The van der Waals surface area contributed by atoms with E-state index in [2.05, 4.69) is 20.9 Å². The number of methoxy groups -OCH3 is 1. The number of nitrogens with zero attached hydrogens (tertiary/aromatic N) is 1. The maximum atomic E-state index is 14.1. The molecule has 0 atom stereocenters. The SMILES string of the molecule is COc1cccc(F)c1-c1nc(-c2ccccc2Br)cs1. The van der Waals surface area contributed by atoms with Gasteiger partial charge in [0.2, 0.25) is 0 Å². The Labute approximate surface area is 134 Å². The lowest BCUT2D eigenvalue weighted by Crippen LogP contribution is -1.91. The van der Waals surface area contributed by atoms with Crippen molar-refractivity contribution >= 4 is 27.3 Å². The fourth-order valence-corrected chi connectivity index (χ4v) is 3.42. The molecule has 0 amide bonds. The first kappa shape index (κ1) is 14.2. The smallest absolute Gasteiger partial charge is 0.137 e. The lowest BCUT2D eigenvalue weighted by atomic mass is 10.1. The molecule has 106 valence electrons. The monoisotopic (exact) mass is 363 g/mol. The molecule has 3 aromatic rings. The zero-order valence-corrected chi connectivity index (χ0v) is 13.5. The zero-order chi connectivity index (χ0) is 14.8. The van der Waals surface area contributed by atoms with Crippen LogP contribution < -0.4 is 4.74 Å². The summed E-state index contributed by atoms with van der Waals surface area (Å²) in [4.78, 5) is 4.55. The Morgan fingerprint density at radius 3 is 2.71 bits per heavy atom. The van der Waals surface area contributed by atoms with E-state index in [1.165, 1.54) is 24.5 Å². The fraction of sp³-hybridized carbons (Fsp3) is 0.0625. The van der Waals surface area contributed by atoms with Crippen molar-refractivity contribution in [1.29, 1.82) is 0 Å². The van der Waals surface area contributed by atoms with E-state index >= 15 is 0 Å². The van der Waals surface area contributed by atoms with E-state index in [4.69, 9.17) is 4.74 Å². The number of hydrogen-bond acceptors (Lipinski definition) is 3. The van der Waals surface area contributed by atoms with Crippen LogP contribution in [0.5, 0.6) is 5.75 Å². The van der Waals surface area contributed by atoms with Crippen LogP contribution in [0.2, 0.25) is 0 Å². The zero-order valence-electron chi connectivity index (χ0n) is 11.1. The van der Waals surface area contributed by atoms with Crippen molar-refractivity contribution in [3.05, 3.63) is 58.1 Å². The van der Waals surface area contributed by atoms with Gasteiger partial charge in [0.25, 0.3) is 0 Å². The van der Waals surface area contributed by atoms with E-state index in [-0.39, 0.29) is 5.82 Å². The molecule has 5 heteroatoms. The maximum Gasteiger partial charge on any atom is 0.137 e. The minimum atomic E-state index is -0.331. The van der Waals surface area contributed by atoms with Gasteiger partial charge in [0.1, 0.15) is 16.6 Å². The lowest BCUT2D eigenvalue weighted by molar-refractivity contribution is 0.413. The number of aromatic nitrogens is 1. The molecule has 21 heavy (non-hydrogen) atoms. The Balaban J connectivity index is 2.10. The van der Waals surface area contributed by atoms with Gasteiger partial charge in [-0.05, 0) is 18.2 Å². The molecule has 0 aliphatic rings. The number of thiazole rings is 1. The van der Waals surface area contributed by atoms with Crippen LogP contribution >= 0.6 is 27.3 Å². The van der Waals surface area contributed by atoms with Crippen LogP contribution in [0.15, 0.2) is 52.3 Å². The summed E-state index contributed by atoms with van der Waals surface area (Å²) in [7, 11) is 1.53. The number of rotatable bonds is 3. The molecule has 0 radical (unpaired) electrons. The lowest BCUT2D eigenvalue weighted by Gasteiger charge is -2.06. The first-order chi connectivity index (χ1) is 10.2. The predicted molar refractivity (Wildman–Crippen MR) is 87.2 cm³/mol. The van der Waals surface area contributed by atoms with Crippen LogP contribution in [-0.2, 0) is 0 Å². The Morgan fingerprint density at radius 2 is 1.95 bits per heavy atom. The quantitative estimate of drug-likeness (QED) is 0.622. The summed E-state index contributed by atoms with van der Waals surface area (Å²) in [6.45, 7) is 0. The van der Waals surface area contributed by atoms with Crippen molar-refractivity contribution in [1.82, 2.24) is 4.98 Å². The summed E-state index contributed by atoms with van der Waals surface area (Å²) >= 11 is 4.90. The highest BCUT2D eigenvalue weighted by molar-refractivity contribution is 9.10. The van der Waals surface area contributed by atoms with Gasteiger partial charge in [-0.25, -0.2) is 9.37 Å². The van der Waals surface area contributed by atoms with Gasteiger partial charge in [0, 0.05) is 15.4 Å². The highest BCUT2D eigenvalue weighted by Gasteiger charge is 2.16. The van der Waals surface area contributed by atoms with Gasteiger partial charge < -0.3 is 4.74 Å². The van der Waals surface area contributed by atoms with Crippen LogP contribution in [0.4, 0.5) is 4.39 Å². The van der Waals surface area contributed by atoms with E-state index in [9.17, 15) is 4.39 Å². The molecule has 2 aromatic carbocycles. The van der Waals surface area contributed by atoms with Crippen LogP contribution in [0, 0.1) is 5.82 Å². The van der Waals surface area contributed by atoms with E-state index in [0.717, 1.165) is 15.7 Å². The highest BCUT2D eigenvalue weighted by atomic mass is 79.9. The number of benzene rings is 2. The molecular weight excluding hydrogens is 353 g/mol. The summed E-state index contributed by atoms with van der Waals surface area (Å²) in [6, 6.07) is 12.6. The Bertz CT molecular complexity index is 787. The third kappa shape index (κ3) is 2.71.